The van der Waals surface area contributed by atoms with E-state index in [1.54, 1.807) is 0 Å². The maximum atomic E-state index is 11.7. The van der Waals surface area contributed by atoms with Gasteiger partial charge in [0.2, 0.25) is 0 Å². The van der Waals surface area contributed by atoms with Crippen LogP contribution in [0.2, 0.25) is 0 Å². The Bertz CT molecular complexity index is 439. The number of nitrogens with one attached hydrogen (secondary N) is 3. The summed E-state index contributed by atoms with van der Waals surface area (Å²) in [5.41, 5.74) is 0. The Morgan fingerprint density at radius 3 is 2.83 bits per heavy atom. The van der Waals surface area contributed by atoms with Crippen LogP contribution in [0.15, 0.2) is 17.6 Å². The van der Waals surface area contributed by atoms with Gasteiger partial charge >= 0.3 is 0 Å². The van der Waals surface area contributed by atoms with E-state index in [0.717, 1.165) is 39.1 Å². The van der Waals surface area contributed by atoms with Gasteiger partial charge in [0.05, 0.1) is 12.5 Å². The second-order valence-electron chi connectivity index (χ2n) is 4.26. The van der Waals surface area contributed by atoms with Gasteiger partial charge in [0.1, 0.15) is 0 Å². The summed E-state index contributed by atoms with van der Waals surface area (Å²) >= 11 is 0. The van der Waals surface area contributed by atoms with E-state index >= 15 is 0 Å². The fraction of sp³-hybridized carbons (Fsp3) is 0.700. The molecule has 0 aliphatic carbocycles. The molecule has 0 radical (unpaired) electrons. The Morgan fingerprint density at radius 1 is 1.39 bits per heavy atom. The zero-order valence-electron chi connectivity index (χ0n) is 10.2. The van der Waals surface area contributed by atoms with Gasteiger partial charge in [-0.2, -0.15) is 0 Å². The number of hydrogen-bond donors (Lipinski definition) is 3. The Labute approximate surface area is 107 Å². The Hall–Kier alpha value is -0.960. The molecule has 1 saturated heterocycles. The third-order valence-electron chi connectivity index (χ3n) is 2.92. The first-order valence-electron chi connectivity index (χ1n) is 6.09. The molecule has 1 aromatic rings. The van der Waals surface area contributed by atoms with Crippen molar-refractivity contribution in [3.8, 4) is 0 Å². The van der Waals surface area contributed by atoms with E-state index in [1.165, 1.54) is 12.5 Å². The summed E-state index contributed by atoms with van der Waals surface area (Å²) < 4.78 is 26.0. The number of rotatable bonds is 6. The molecule has 0 bridgehead atoms. The highest BCUT2D eigenvalue weighted by molar-refractivity contribution is 7.89. The first-order chi connectivity index (χ1) is 8.68. The van der Waals surface area contributed by atoms with E-state index in [2.05, 4.69) is 24.9 Å². The quantitative estimate of drug-likeness (QED) is 0.577. The number of hydrogen-bond acceptors (Lipinski definition) is 5. The standard InChI is InChI=1S/C10H19N5O2S/c16-18(17,10-8-12-9-13-10)14-2-1-5-15-6-3-11-4-7-15/h8-9,11,14H,1-7H2,(H,12,13). The van der Waals surface area contributed by atoms with E-state index < -0.39 is 10.0 Å². The smallest absolute Gasteiger partial charge is 0.257 e. The molecule has 3 N–H and O–H groups in total. The van der Waals surface area contributed by atoms with Crippen LogP contribution in [0.25, 0.3) is 0 Å². The summed E-state index contributed by atoms with van der Waals surface area (Å²) in [5, 5.41) is 3.40. The third-order valence-corrected chi connectivity index (χ3v) is 4.30. The number of aromatic nitrogens is 2. The number of imidazole rings is 1. The van der Waals surface area contributed by atoms with Crippen LogP contribution in [0.5, 0.6) is 0 Å². The van der Waals surface area contributed by atoms with Gasteiger partial charge in [0, 0.05) is 32.7 Å². The van der Waals surface area contributed by atoms with Crippen LogP contribution in [0, 0.1) is 0 Å². The van der Waals surface area contributed by atoms with Crippen LogP contribution in [-0.4, -0.2) is 62.6 Å². The van der Waals surface area contributed by atoms with E-state index in [1.807, 2.05) is 0 Å². The lowest BCUT2D eigenvalue weighted by Gasteiger charge is -2.26. The average Bonchev–Trinajstić information content (AvgIpc) is 2.91. The molecule has 1 aliphatic heterocycles. The van der Waals surface area contributed by atoms with Crippen molar-refractivity contribution in [2.24, 2.45) is 0 Å². The lowest BCUT2D eigenvalue weighted by molar-refractivity contribution is 0.239. The van der Waals surface area contributed by atoms with Crippen LogP contribution >= 0.6 is 0 Å². The molecule has 0 atom stereocenters. The second-order valence-corrected chi connectivity index (χ2v) is 5.99. The van der Waals surface area contributed by atoms with Crippen LogP contribution in [-0.2, 0) is 10.0 Å². The minimum absolute atomic E-state index is 0.115. The van der Waals surface area contributed by atoms with E-state index in [4.69, 9.17) is 0 Å². The number of H-pyrrole nitrogens is 1. The molecule has 1 aromatic heterocycles. The molecule has 18 heavy (non-hydrogen) atoms. The molecular weight excluding hydrogens is 254 g/mol. The minimum atomic E-state index is -3.42. The van der Waals surface area contributed by atoms with Gasteiger partial charge < -0.3 is 15.2 Å². The highest BCUT2D eigenvalue weighted by Crippen LogP contribution is 2.01. The molecule has 102 valence electrons. The maximum Gasteiger partial charge on any atom is 0.257 e. The van der Waals surface area contributed by atoms with Crippen molar-refractivity contribution >= 4 is 10.0 Å². The Kier molecular flexibility index (Phi) is 4.70. The topological polar surface area (TPSA) is 90.1 Å². The molecule has 0 saturated carbocycles. The first-order valence-corrected chi connectivity index (χ1v) is 7.58. The summed E-state index contributed by atoms with van der Waals surface area (Å²) in [5.74, 6) is 0. The summed E-state index contributed by atoms with van der Waals surface area (Å²) in [7, 11) is -3.42. The number of piperazine rings is 1. The molecule has 2 rings (SSSR count). The largest absolute Gasteiger partial charge is 0.335 e. The van der Waals surface area contributed by atoms with Crippen molar-refractivity contribution in [2.45, 2.75) is 11.4 Å². The lowest BCUT2D eigenvalue weighted by Crippen LogP contribution is -2.44. The van der Waals surface area contributed by atoms with Gasteiger partial charge in [0.25, 0.3) is 10.0 Å². The summed E-state index contributed by atoms with van der Waals surface area (Å²) in [6.45, 7) is 5.47. The normalized spacial score (nSPS) is 18.0. The molecule has 7 nitrogen and oxygen atoms in total. The average molecular weight is 273 g/mol. The van der Waals surface area contributed by atoms with Crippen molar-refractivity contribution in [1.82, 2.24) is 24.9 Å². The monoisotopic (exact) mass is 273 g/mol. The fourth-order valence-corrected chi connectivity index (χ4v) is 2.89. The van der Waals surface area contributed by atoms with Gasteiger partial charge in [0.15, 0.2) is 5.03 Å². The molecule has 1 fully saturated rings. The van der Waals surface area contributed by atoms with Gasteiger partial charge in [-0.15, -0.1) is 0 Å². The molecular formula is C10H19N5O2S. The zero-order chi connectivity index (χ0) is 12.8. The lowest BCUT2D eigenvalue weighted by atomic mass is 10.3. The Balaban J connectivity index is 1.69. The van der Waals surface area contributed by atoms with Crippen LogP contribution < -0.4 is 10.0 Å². The fourth-order valence-electron chi connectivity index (χ4n) is 1.91. The predicted octanol–water partition coefficient (Wildman–Crippen LogP) is -1.02. The first kappa shape index (κ1) is 13.5. The van der Waals surface area contributed by atoms with Gasteiger partial charge in [-0.05, 0) is 13.0 Å². The van der Waals surface area contributed by atoms with Crippen molar-refractivity contribution < 1.29 is 8.42 Å². The van der Waals surface area contributed by atoms with Gasteiger partial charge in [-0.3, -0.25) is 0 Å². The van der Waals surface area contributed by atoms with Crippen LogP contribution in [0.3, 0.4) is 0 Å². The van der Waals surface area contributed by atoms with Crippen molar-refractivity contribution in [3.63, 3.8) is 0 Å². The molecule has 0 aromatic carbocycles. The number of nitrogens with zero attached hydrogens (tertiary/aromatic N) is 2. The predicted molar refractivity (Wildman–Crippen MR) is 67.7 cm³/mol. The molecule has 2 heterocycles. The molecule has 1 aliphatic rings. The highest BCUT2D eigenvalue weighted by Gasteiger charge is 2.15. The van der Waals surface area contributed by atoms with E-state index in [0.29, 0.717) is 6.54 Å². The second kappa shape index (κ2) is 6.28. The van der Waals surface area contributed by atoms with Crippen molar-refractivity contribution in [2.75, 3.05) is 39.3 Å². The van der Waals surface area contributed by atoms with Crippen molar-refractivity contribution in [1.29, 1.82) is 0 Å². The Morgan fingerprint density at radius 2 is 2.17 bits per heavy atom. The van der Waals surface area contributed by atoms with Gasteiger partial charge in [-0.25, -0.2) is 18.1 Å². The number of aromatic amines is 1. The van der Waals surface area contributed by atoms with E-state index in [9.17, 15) is 8.42 Å². The number of sulfonamides is 1. The van der Waals surface area contributed by atoms with Crippen LogP contribution in [0.4, 0.5) is 0 Å². The highest BCUT2D eigenvalue weighted by atomic mass is 32.2. The molecule has 8 heteroatoms. The maximum absolute atomic E-state index is 11.7. The van der Waals surface area contributed by atoms with Crippen LogP contribution in [0.1, 0.15) is 6.42 Å². The van der Waals surface area contributed by atoms with Crippen molar-refractivity contribution in [3.05, 3.63) is 12.5 Å². The summed E-state index contributed by atoms with van der Waals surface area (Å²) in [6, 6.07) is 0. The molecule has 0 spiro atoms. The SMILES string of the molecule is O=S(=O)(NCCCN1CCNCC1)c1cnc[nH]1. The molecule has 0 amide bonds. The molecule has 0 unspecified atom stereocenters. The third kappa shape index (κ3) is 3.77. The summed E-state index contributed by atoms with van der Waals surface area (Å²) in [4.78, 5) is 8.62. The van der Waals surface area contributed by atoms with E-state index in [-0.39, 0.29) is 5.03 Å². The zero-order valence-corrected chi connectivity index (χ0v) is 11.0. The van der Waals surface area contributed by atoms with Gasteiger partial charge in [-0.1, -0.05) is 0 Å². The minimum Gasteiger partial charge on any atom is -0.335 e. The summed E-state index contributed by atoms with van der Waals surface area (Å²) in [6.07, 6.45) is 3.47.